The van der Waals surface area contributed by atoms with E-state index >= 15 is 0 Å². The minimum atomic E-state index is 0.387. The number of halogens is 1. The van der Waals surface area contributed by atoms with Gasteiger partial charge >= 0.3 is 0 Å². The van der Waals surface area contributed by atoms with Gasteiger partial charge in [0.15, 0.2) is 0 Å². The first-order valence-corrected chi connectivity index (χ1v) is 4.32. The lowest BCUT2D eigenvalue weighted by Crippen LogP contribution is -2.03. The third-order valence-electron chi connectivity index (χ3n) is 1.50. The van der Waals surface area contributed by atoms with Gasteiger partial charge in [-0.2, -0.15) is 10.5 Å². The Hall–Kier alpha value is -1.78. The largest absolute Gasteiger partial charge is 0.368 e. The molecule has 70 valence electrons. The van der Waals surface area contributed by atoms with Crippen LogP contribution in [0.4, 0.5) is 5.82 Å². The molecular formula is C9H7ClN4. The van der Waals surface area contributed by atoms with Crippen molar-refractivity contribution in [3.63, 3.8) is 0 Å². The number of aromatic nitrogens is 1. The van der Waals surface area contributed by atoms with E-state index in [9.17, 15) is 0 Å². The Labute approximate surface area is 86.7 Å². The van der Waals surface area contributed by atoms with Gasteiger partial charge in [0, 0.05) is 12.7 Å². The number of hydrogen-bond donors (Lipinski definition) is 1. The van der Waals surface area contributed by atoms with E-state index in [0.717, 1.165) is 0 Å². The summed E-state index contributed by atoms with van der Waals surface area (Å²) in [6.45, 7) is 0.495. The van der Waals surface area contributed by atoms with Crippen LogP contribution in [-0.4, -0.2) is 11.5 Å². The fourth-order valence-electron chi connectivity index (χ4n) is 0.866. The summed E-state index contributed by atoms with van der Waals surface area (Å²) in [5.41, 5.74) is 0.417. The molecule has 1 heterocycles. The lowest BCUT2D eigenvalue weighted by Gasteiger charge is -2.04. The van der Waals surface area contributed by atoms with E-state index in [1.54, 1.807) is 0 Å². The predicted molar refractivity (Wildman–Crippen MR) is 52.7 cm³/mol. The zero-order valence-electron chi connectivity index (χ0n) is 7.29. The summed E-state index contributed by atoms with van der Waals surface area (Å²) in [4.78, 5) is 3.95. The number of rotatable bonds is 3. The van der Waals surface area contributed by atoms with E-state index < -0.39 is 0 Å². The Balaban J connectivity index is 2.71. The summed E-state index contributed by atoms with van der Waals surface area (Å²) in [6, 6.07) is 5.46. The predicted octanol–water partition coefficient (Wildman–Crippen LogP) is 1.93. The highest BCUT2D eigenvalue weighted by Crippen LogP contribution is 2.19. The topological polar surface area (TPSA) is 72.5 Å². The first-order valence-electron chi connectivity index (χ1n) is 3.94. The van der Waals surface area contributed by atoms with Crippen LogP contribution in [0.15, 0.2) is 12.3 Å². The third kappa shape index (κ3) is 2.62. The Kier molecular flexibility index (Phi) is 3.72. The van der Waals surface area contributed by atoms with E-state index in [1.807, 2.05) is 12.1 Å². The van der Waals surface area contributed by atoms with Crippen LogP contribution in [0.1, 0.15) is 12.0 Å². The third-order valence-corrected chi connectivity index (χ3v) is 1.79. The van der Waals surface area contributed by atoms with Gasteiger partial charge < -0.3 is 5.32 Å². The van der Waals surface area contributed by atoms with Crippen LogP contribution in [0.3, 0.4) is 0 Å². The number of pyridine rings is 1. The van der Waals surface area contributed by atoms with E-state index in [1.165, 1.54) is 12.3 Å². The Morgan fingerprint density at radius 1 is 1.50 bits per heavy atom. The zero-order valence-corrected chi connectivity index (χ0v) is 8.04. The summed E-state index contributed by atoms with van der Waals surface area (Å²) < 4.78 is 0. The van der Waals surface area contributed by atoms with E-state index in [4.69, 9.17) is 22.1 Å². The molecule has 0 fully saturated rings. The highest BCUT2D eigenvalue weighted by Gasteiger charge is 2.01. The normalized spacial score (nSPS) is 8.79. The molecule has 0 radical (unpaired) electrons. The molecule has 0 saturated carbocycles. The van der Waals surface area contributed by atoms with Gasteiger partial charge in [-0.1, -0.05) is 11.6 Å². The average molecular weight is 207 g/mol. The maximum atomic E-state index is 8.55. The van der Waals surface area contributed by atoms with Crippen molar-refractivity contribution in [2.75, 3.05) is 11.9 Å². The van der Waals surface area contributed by atoms with Gasteiger partial charge in [0.25, 0.3) is 0 Å². The maximum absolute atomic E-state index is 8.55. The first kappa shape index (κ1) is 10.3. The highest BCUT2D eigenvalue weighted by molar-refractivity contribution is 6.33. The van der Waals surface area contributed by atoms with Crippen LogP contribution in [0.2, 0.25) is 5.02 Å². The van der Waals surface area contributed by atoms with E-state index in [-0.39, 0.29) is 0 Å². The Morgan fingerprint density at radius 3 is 2.86 bits per heavy atom. The van der Waals surface area contributed by atoms with Crippen molar-refractivity contribution < 1.29 is 0 Å². The molecule has 0 aliphatic rings. The van der Waals surface area contributed by atoms with Crippen molar-refractivity contribution in [3.05, 3.63) is 22.8 Å². The lowest BCUT2D eigenvalue weighted by atomic mass is 10.3. The molecule has 0 saturated heterocycles. The fourth-order valence-corrected chi connectivity index (χ4v) is 1.10. The molecule has 0 unspecified atom stereocenters. The molecule has 0 atom stereocenters. The van der Waals surface area contributed by atoms with Gasteiger partial charge in [-0.25, -0.2) is 4.98 Å². The van der Waals surface area contributed by atoms with Gasteiger partial charge in [-0.05, 0) is 6.07 Å². The summed E-state index contributed by atoms with van der Waals surface area (Å²) in [5, 5.41) is 20.1. The van der Waals surface area contributed by atoms with Gasteiger partial charge in [0.1, 0.15) is 11.9 Å². The lowest BCUT2D eigenvalue weighted by molar-refractivity contribution is 1.05. The number of nitrogens with one attached hydrogen (secondary N) is 1. The maximum Gasteiger partial charge on any atom is 0.144 e. The monoisotopic (exact) mass is 206 g/mol. The van der Waals surface area contributed by atoms with E-state index in [0.29, 0.717) is 29.4 Å². The molecule has 0 aliphatic carbocycles. The van der Waals surface area contributed by atoms with Crippen LogP contribution in [-0.2, 0) is 0 Å². The van der Waals surface area contributed by atoms with Gasteiger partial charge in [0.05, 0.1) is 23.1 Å². The minimum Gasteiger partial charge on any atom is -0.368 e. The molecule has 0 aromatic carbocycles. The second-order valence-corrected chi connectivity index (χ2v) is 2.91. The molecule has 0 spiro atoms. The average Bonchev–Trinajstić information content (AvgIpc) is 2.20. The minimum absolute atomic E-state index is 0.387. The molecule has 1 rings (SSSR count). The quantitative estimate of drug-likeness (QED) is 0.767. The number of anilines is 1. The molecule has 0 amide bonds. The smallest absolute Gasteiger partial charge is 0.144 e. The molecule has 14 heavy (non-hydrogen) atoms. The number of hydrogen-bond acceptors (Lipinski definition) is 4. The molecule has 0 bridgehead atoms. The highest BCUT2D eigenvalue weighted by atomic mass is 35.5. The summed E-state index contributed by atoms with van der Waals surface area (Å²) in [5.74, 6) is 0.501. The van der Waals surface area contributed by atoms with Gasteiger partial charge in [0.2, 0.25) is 0 Å². The van der Waals surface area contributed by atoms with Crippen molar-refractivity contribution in [3.8, 4) is 12.1 Å². The summed E-state index contributed by atoms with van der Waals surface area (Å²) in [6.07, 6.45) is 1.82. The van der Waals surface area contributed by atoms with Crippen LogP contribution < -0.4 is 5.32 Å². The fraction of sp³-hybridized carbons (Fsp3) is 0.222. The number of nitriles is 2. The van der Waals surface area contributed by atoms with Crippen molar-refractivity contribution in [1.82, 2.24) is 4.98 Å². The van der Waals surface area contributed by atoms with E-state index in [2.05, 4.69) is 10.3 Å². The van der Waals surface area contributed by atoms with Crippen LogP contribution in [0, 0.1) is 22.7 Å². The molecule has 1 N–H and O–H groups in total. The molecule has 1 aromatic heterocycles. The second-order valence-electron chi connectivity index (χ2n) is 2.50. The van der Waals surface area contributed by atoms with Crippen molar-refractivity contribution in [2.45, 2.75) is 6.42 Å². The zero-order chi connectivity index (χ0) is 10.4. The number of nitrogens with zero attached hydrogens (tertiary/aromatic N) is 3. The molecule has 1 aromatic rings. The molecule has 0 aliphatic heterocycles. The Morgan fingerprint density at radius 2 is 2.29 bits per heavy atom. The first-order chi connectivity index (χ1) is 6.77. The second kappa shape index (κ2) is 5.06. The SMILES string of the molecule is N#CCCNc1ncc(C#N)cc1Cl. The molecule has 5 heteroatoms. The van der Waals surface area contributed by atoms with Gasteiger partial charge in [-0.15, -0.1) is 0 Å². The molecule has 4 nitrogen and oxygen atoms in total. The standard InChI is InChI=1S/C9H7ClN4/c10-8-4-7(5-12)6-14-9(8)13-3-1-2-11/h4,6H,1,3H2,(H,13,14). The van der Waals surface area contributed by atoms with Crippen LogP contribution >= 0.6 is 11.6 Å². The van der Waals surface area contributed by atoms with Gasteiger partial charge in [-0.3, -0.25) is 0 Å². The van der Waals surface area contributed by atoms with Crippen LogP contribution in [0.5, 0.6) is 0 Å². The van der Waals surface area contributed by atoms with Crippen LogP contribution in [0.25, 0.3) is 0 Å². The summed E-state index contributed by atoms with van der Waals surface area (Å²) >= 11 is 5.83. The molecular weight excluding hydrogens is 200 g/mol. The van der Waals surface area contributed by atoms with Crippen molar-refractivity contribution in [2.24, 2.45) is 0 Å². The Bertz CT molecular complexity index is 402. The summed E-state index contributed by atoms with van der Waals surface area (Å²) in [7, 11) is 0. The van der Waals surface area contributed by atoms with Crippen molar-refractivity contribution in [1.29, 1.82) is 10.5 Å². The van der Waals surface area contributed by atoms with Crippen molar-refractivity contribution >= 4 is 17.4 Å².